The van der Waals surface area contributed by atoms with E-state index in [-0.39, 0.29) is 0 Å². The summed E-state index contributed by atoms with van der Waals surface area (Å²) in [6, 6.07) is 2.66. The molecular formula is C12H21N3. The highest BCUT2D eigenvalue weighted by molar-refractivity contribution is 5.33. The number of hydrogen-bond acceptors (Lipinski definition) is 2. The summed E-state index contributed by atoms with van der Waals surface area (Å²) >= 11 is 0. The van der Waals surface area contributed by atoms with Crippen molar-refractivity contribution in [1.82, 2.24) is 9.78 Å². The number of rotatable bonds is 2. The van der Waals surface area contributed by atoms with Crippen LogP contribution in [0.25, 0.3) is 0 Å². The molecule has 0 unspecified atom stereocenters. The normalized spacial score (nSPS) is 31.5. The second-order valence-electron chi connectivity index (χ2n) is 4.98. The van der Waals surface area contributed by atoms with Gasteiger partial charge < -0.3 is 5.32 Å². The van der Waals surface area contributed by atoms with E-state index in [0.29, 0.717) is 6.04 Å². The van der Waals surface area contributed by atoms with Gasteiger partial charge in [0.05, 0.1) is 0 Å². The largest absolute Gasteiger partial charge is 0.366 e. The number of anilines is 1. The van der Waals surface area contributed by atoms with E-state index in [1.807, 2.05) is 24.0 Å². The highest BCUT2D eigenvalue weighted by Crippen LogP contribution is 2.30. The highest BCUT2D eigenvalue weighted by Gasteiger charge is 2.24. The van der Waals surface area contributed by atoms with Gasteiger partial charge in [-0.3, -0.25) is 4.68 Å². The van der Waals surface area contributed by atoms with Gasteiger partial charge in [0.1, 0.15) is 5.82 Å². The Hall–Kier alpha value is -0.990. The van der Waals surface area contributed by atoms with Crippen molar-refractivity contribution >= 4 is 5.82 Å². The Morgan fingerprint density at radius 3 is 2.73 bits per heavy atom. The van der Waals surface area contributed by atoms with Gasteiger partial charge in [-0.15, -0.1) is 0 Å². The van der Waals surface area contributed by atoms with E-state index in [4.69, 9.17) is 0 Å². The number of aromatic nitrogens is 2. The maximum atomic E-state index is 4.35. The summed E-state index contributed by atoms with van der Waals surface area (Å²) in [6.07, 6.45) is 5.88. The van der Waals surface area contributed by atoms with Gasteiger partial charge >= 0.3 is 0 Å². The first kappa shape index (κ1) is 10.5. The molecule has 1 N–H and O–H groups in total. The fraction of sp³-hybridized carbons (Fsp3) is 0.750. The smallest absolute Gasteiger partial charge is 0.148 e. The predicted octanol–water partition coefficient (Wildman–Crippen LogP) is 2.66. The average molecular weight is 207 g/mol. The molecule has 1 aromatic heterocycles. The molecule has 84 valence electrons. The fourth-order valence-electron chi connectivity index (χ4n) is 2.38. The van der Waals surface area contributed by atoms with Crippen molar-refractivity contribution in [3.8, 4) is 0 Å². The minimum absolute atomic E-state index is 0.617. The lowest BCUT2D eigenvalue weighted by Crippen LogP contribution is -2.30. The molecule has 1 fully saturated rings. The number of aryl methyl sites for hydroxylation is 1. The van der Waals surface area contributed by atoms with Crippen molar-refractivity contribution in [2.24, 2.45) is 18.9 Å². The van der Waals surface area contributed by atoms with E-state index < -0.39 is 0 Å². The monoisotopic (exact) mass is 207 g/mol. The Labute approximate surface area is 91.9 Å². The molecule has 3 nitrogen and oxygen atoms in total. The maximum absolute atomic E-state index is 4.35. The third-order valence-electron chi connectivity index (χ3n) is 3.66. The van der Waals surface area contributed by atoms with Crippen molar-refractivity contribution in [3.05, 3.63) is 12.3 Å². The van der Waals surface area contributed by atoms with Gasteiger partial charge in [-0.1, -0.05) is 13.8 Å². The Bertz CT molecular complexity index is 318. The molecule has 0 aliphatic heterocycles. The van der Waals surface area contributed by atoms with Gasteiger partial charge in [0.25, 0.3) is 0 Å². The minimum atomic E-state index is 0.617. The van der Waals surface area contributed by atoms with E-state index in [1.165, 1.54) is 19.3 Å². The average Bonchev–Trinajstić information content (AvgIpc) is 2.58. The van der Waals surface area contributed by atoms with Crippen molar-refractivity contribution in [3.63, 3.8) is 0 Å². The highest BCUT2D eigenvalue weighted by atomic mass is 15.3. The number of hydrogen-bond donors (Lipinski definition) is 1. The lowest BCUT2D eigenvalue weighted by Gasteiger charge is -2.32. The quantitative estimate of drug-likeness (QED) is 0.808. The van der Waals surface area contributed by atoms with Crippen LogP contribution >= 0.6 is 0 Å². The van der Waals surface area contributed by atoms with Crippen LogP contribution in [0, 0.1) is 11.8 Å². The second-order valence-corrected chi connectivity index (χ2v) is 4.98. The molecule has 3 atom stereocenters. The van der Waals surface area contributed by atoms with Crippen molar-refractivity contribution in [2.75, 3.05) is 5.32 Å². The molecule has 1 heterocycles. The third-order valence-corrected chi connectivity index (χ3v) is 3.66. The minimum Gasteiger partial charge on any atom is -0.366 e. The lowest BCUT2D eigenvalue weighted by molar-refractivity contribution is 0.260. The Morgan fingerprint density at radius 1 is 1.33 bits per heavy atom. The van der Waals surface area contributed by atoms with Crippen LogP contribution in [0.1, 0.15) is 33.1 Å². The molecule has 1 saturated carbocycles. The summed E-state index contributed by atoms with van der Waals surface area (Å²) in [5, 5.41) is 7.88. The molecule has 1 aliphatic carbocycles. The first-order chi connectivity index (χ1) is 7.15. The third kappa shape index (κ3) is 2.52. The number of nitrogens with one attached hydrogen (secondary N) is 1. The Morgan fingerprint density at radius 2 is 2.13 bits per heavy atom. The van der Waals surface area contributed by atoms with Crippen LogP contribution in [0.15, 0.2) is 12.3 Å². The van der Waals surface area contributed by atoms with Crippen LogP contribution in [-0.2, 0) is 7.05 Å². The molecule has 15 heavy (non-hydrogen) atoms. The van der Waals surface area contributed by atoms with Crippen LogP contribution < -0.4 is 5.32 Å². The molecule has 0 radical (unpaired) electrons. The van der Waals surface area contributed by atoms with E-state index in [1.54, 1.807) is 0 Å². The summed E-state index contributed by atoms with van der Waals surface area (Å²) in [6.45, 7) is 4.72. The van der Waals surface area contributed by atoms with Crippen molar-refractivity contribution in [1.29, 1.82) is 0 Å². The van der Waals surface area contributed by atoms with Crippen LogP contribution in [0.3, 0.4) is 0 Å². The van der Waals surface area contributed by atoms with Crippen molar-refractivity contribution < 1.29 is 0 Å². The molecule has 2 rings (SSSR count). The molecule has 0 spiro atoms. The van der Waals surface area contributed by atoms with Crippen LogP contribution in [0.4, 0.5) is 5.82 Å². The SMILES string of the molecule is C[C@H]1CC[C@@H](Nc2ccn(C)n2)C[C@@H]1C. The van der Waals surface area contributed by atoms with Gasteiger partial charge in [-0.2, -0.15) is 5.10 Å². The summed E-state index contributed by atoms with van der Waals surface area (Å²) in [5.41, 5.74) is 0. The zero-order valence-electron chi connectivity index (χ0n) is 9.90. The molecular weight excluding hydrogens is 186 g/mol. The van der Waals surface area contributed by atoms with Gasteiger partial charge in [-0.05, 0) is 31.1 Å². The first-order valence-electron chi connectivity index (χ1n) is 5.91. The van der Waals surface area contributed by atoms with E-state index in [0.717, 1.165) is 17.7 Å². The summed E-state index contributed by atoms with van der Waals surface area (Å²) in [5.74, 6) is 2.73. The summed E-state index contributed by atoms with van der Waals surface area (Å²) in [7, 11) is 1.96. The Balaban J connectivity index is 1.90. The zero-order valence-corrected chi connectivity index (χ0v) is 9.90. The Kier molecular flexibility index (Phi) is 2.98. The maximum Gasteiger partial charge on any atom is 0.148 e. The summed E-state index contributed by atoms with van der Waals surface area (Å²) < 4.78 is 1.84. The second kappa shape index (κ2) is 4.25. The van der Waals surface area contributed by atoms with Crippen LogP contribution in [0.5, 0.6) is 0 Å². The van der Waals surface area contributed by atoms with E-state index in [2.05, 4.69) is 24.3 Å². The lowest BCUT2D eigenvalue weighted by atomic mass is 9.79. The standard InChI is InChI=1S/C12H21N3/c1-9-4-5-11(8-10(9)2)13-12-6-7-15(3)14-12/h6-7,9-11H,4-5,8H2,1-3H3,(H,13,14)/t9-,10-,11+/m0/s1. The predicted molar refractivity (Wildman–Crippen MR) is 62.8 cm³/mol. The number of nitrogens with zero attached hydrogens (tertiary/aromatic N) is 2. The first-order valence-corrected chi connectivity index (χ1v) is 5.91. The van der Waals surface area contributed by atoms with Gasteiger partial charge in [0.15, 0.2) is 0 Å². The molecule has 0 saturated heterocycles. The molecule has 1 aliphatic rings. The molecule has 3 heteroatoms. The topological polar surface area (TPSA) is 29.9 Å². The molecule has 1 aromatic rings. The zero-order chi connectivity index (χ0) is 10.8. The van der Waals surface area contributed by atoms with E-state index in [9.17, 15) is 0 Å². The summed E-state index contributed by atoms with van der Waals surface area (Å²) in [4.78, 5) is 0. The molecule has 0 amide bonds. The van der Waals surface area contributed by atoms with Crippen LogP contribution in [0.2, 0.25) is 0 Å². The van der Waals surface area contributed by atoms with E-state index >= 15 is 0 Å². The molecule has 0 bridgehead atoms. The van der Waals surface area contributed by atoms with Crippen LogP contribution in [-0.4, -0.2) is 15.8 Å². The van der Waals surface area contributed by atoms with Gasteiger partial charge in [-0.25, -0.2) is 0 Å². The molecule has 0 aromatic carbocycles. The van der Waals surface area contributed by atoms with Gasteiger partial charge in [0.2, 0.25) is 0 Å². The van der Waals surface area contributed by atoms with Gasteiger partial charge in [0, 0.05) is 25.4 Å². The fourth-order valence-corrected chi connectivity index (χ4v) is 2.38. The van der Waals surface area contributed by atoms with Crippen molar-refractivity contribution in [2.45, 2.75) is 39.2 Å².